The zero-order valence-corrected chi connectivity index (χ0v) is 12.4. The van der Waals surface area contributed by atoms with Gasteiger partial charge in [-0.25, -0.2) is 0 Å². The van der Waals surface area contributed by atoms with Gasteiger partial charge in [0.1, 0.15) is 0 Å². The van der Waals surface area contributed by atoms with Crippen molar-refractivity contribution >= 4 is 0 Å². The quantitative estimate of drug-likeness (QED) is 0.655. The third kappa shape index (κ3) is 7.34. The second kappa shape index (κ2) is 8.89. The van der Waals surface area contributed by atoms with Gasteiger partial charge >= 0.3 is 0 Å². The highest BCUT2D eigenvalue weighted by Crippen LogP contribution is 2.12. The van der Waals surface area contributed by atoms with Gasteiger partial charge in [0.05, 0.1) is 6.10 Å². The normalized spacial score (nSPS) is 24.8. The lowest BCUT2D eigenvalue weighted by molar-refractivity contribution is 0.142. The van der Waals surface area contributed by atoms with Crippen LogP contribution >= 0.6 is 0 Å². The third-order valence-corrected chi connectivity index (χ3v) is 3.75. The van der Waals surface area contributed by atoms with Gasteiger partial charge in [0.25, 0.3) is 0 Å². The summed E-state index contributed by atoms with van der Waals surface area (Å²) in [6.07, 6.45) is 7.23. The summed E-state index contributed by atoms with van der Waals surface area (Å²) in [5.41, 5.74) is 0. The molecule has 0 radical (unpaired) electrons. The van der Waals surface area contributed by atoms with Crippen molar-refractivity contribution in [2.24, 2.45) is 5.92 Å². The monoisotopic (exact) mass is 256 g/mol. The van der Waals surface area contributed by atoms with Crippen molar-refractivity contribution in [3.05, 3.63) is 0 Å². The molecule has 0 aromatic rings. The molecule has 0 saturated carbocycles. The van der Waals surface area contributed by atoms with Gasteiger partial charge in [-0.15, -0.1) is 0 Å². The van der Waals surface area contributed by atoms with E-state index < -0.39 is 0 Å². The Morgan fingerprint density at radius 1 is 1.22 bits per heavy atom. The van der Waals surface area contributed by atoms with E-state index in [4.69, 9.17) is 0 Å². The molecule has 0 bridgehead atoms. The zero-order chi connectivity index (χ0) is 13.4. The maximum atomic E-state index is 9.84. The Balaban J connectivity index is 2.13. The van der Waals surface area contributed by atoms with Crippen LogP contribution in [0, 0.1) is 5.92 Å². The summed E-state index contributed by atoms with van der Waals surface area (Å²) >= 11 is 0. The fraction of sp³-hybridized carbons (Fsp3) is 1.00. The molecule has 1 heterocycles. The number of nitrogens with one attached hydrogen (secondary N) is 2. The molecule has 108 valence electrons. The fourth-order valence-corrected chi connectivity index (χ4v) is 2.78. The lowest BCUT2D eigenvalue weighted by Gasteiger charge is -2.23. The van der Waals surface area contributed by atoms with Gasteiger partial charge in [-0.2, -0.15) is 0 Å². The van der Waals surface area contributed by atoms with E-state index in [-0.39, 0.29) is 6.10 Å². The maximum Gasteiger partial charge on any atom is 0.0667 e. The zero-order valence-electron chi connectivity index (χ0n) is 12.4. The van der Waals surface area contributed by atoms with E-state index in [2.05, 4.69) is 31.4 Å². The first-order valence-corrected chi connectivity index (χ1v) is 7.72. The van der Waals surface area contributed by atoms with Crippen LogP contribution in [-0.2, 0) is 0 Å². The highest BCUT2D eigenvalue weighted by atomic mass is 16.3. The van der Waals surface area contributed by atoms with Crippen molar-refractivity contribution < 1.29 is 5.11 Å². The molecular formula is C15H32N2O. The van der Waals surface area contributed by atoms with Crippen molar-refractivity contribution in [3.63, 3.8) is 0 Å². The summed E-state index contributed by atoms with van der Waals surface area (Å²) in [7, 11) is 0. The van der Waals surface area contributed by atoms with Gasteiger partial charge in [-0.1, -0.05) is 26.7 Å². The number of hydrogen-bond acceptors (Lipinski definition) is 3. The molecule has 1 aliphatic rings. The van der Waals surface area contributed by atoms with Crippen LogP contribution in [0.3, 0.4) is 0 Å². The molecule has 0 amide bonds. The second-order valence-corrected chi connectivity index (χ2v) is 6.33. The fourth-order valence-electron chi connectivity index (χ4n) is 2.78. The Kier molecular flexibility index (Phi) is 7.87. The summed E-state index contributed by atoms with van der Waals surface area (Å²) in [5, 5.41) is 16.9. The van der Waals surface area contributed by atoms with E-state index in [9.17, 15) is 5.11 Å². The molecule has 1 rings (SSSR count). The Hall–Kier alpha value is -0.120. The van der Waals surface area contributed by atoms with Crippen LogP contribution in [0.2, 0.25) is 0 Å². The van der Waals surface area contributed by atoms with Crippen molar-refractivity contribution in [1.82, 2.24) is 10.6 Å². The summed E-state index contributed by atoms with van der Waals surface area (Å²) in [4.78, 5) is 0. The Bertz CT molecular complexity index is 201. The minimum Gasteiger partial charge on any atom is -0.392 e. The Morgan fingerprint density at radius 3 is 2.72 bits per heavy atom. The van der Waals surface area contributed by atoms with E-state index in [1.54, 1.807) is 0 Å². The molecule has 0 aromatic heterocycles. The first-order valence-electron chi connectivity index (χ1n) is 7.72. The summed E-state index contributed by atoms with van der Waals surface area (Å²) in [5.74, 6) is 0.570. The van der Waals surface area contributed by atoms with Crippen molar-refractivity contribution in [3.8, 4) is 0 Å². The van der Waals surface area contributed by atoms with Crippen LogP contribution in [-0.4, -0.2) is 36.4 Å². The molecule has 3 N–H and O–H groups in total. The molecule has 3 nitrogen and oxygen atoms in total. The van der Waals surface area contributed by atoms with Crippen LogP contribution in [0.5, 0.6) is 0 Å². The van der Waals surface area contributed by atoms with Crippen LogP contribution < -0.4 is 10.6 Å². The molecule has 1 aliphatic heterocycles. The van der Waals surface area contributed by atoms with Crippen molar-refractivity contribution in [1.29, 1.82) is 0 Å². The average molecular weight is 256 g/mol. The van der Waals surface area contributed by atoms with E-state index in [0.717, 1.165) is 13.0 Å². The molecule has 0 aromatic carbocycles. The highest BCUT2D eigenvalue weighted by Gasteiger charge is 2.15. The van der Waals surface area contributed by atoms with Gasteiger partial charge in [0, 0.05) is 18.6 Å². The maximum absolute atomic E-state index is 9.84. The number of rotatable bonds is 7. The van der Waals surface area contributed by atoms with E-state index in [0.29, 0.717) is 18.0 Å². The van der Waals surface area contributed by atoms with Crippen LogP contribution in [0.1, 0.15) is 59.3 Å². The Labute approximate surface area is 113 Å². The molecule has 0 spiro atoms. The largest absolute Gasteiger partial charge is 0.392 e. The number of aliphatic hydroxyl groups excluding tert-OH is 1. The van der Waals surface area contributed by atoms with Crippen LogP contribution in [0.25, 0.3) is 0 Å². The lowest BCUT2D eigenvalue weighted by Crippen LogP contribution is -2.39. The highest BCUT2D eigenvalue weighted by molar-refractivity contribution is 4.76. The van der Waals surface area contributed by atoms with Gasteiger partial charge < -0.3 is 15.7 Å². The first-order chi connectivity index (χ1) is 8.58. The van der Waals surface area contributed by atoms with Crippen LogP contribution in [0.4, 0.5) is 0 Å². The summed E-state index contributed by atoms with van der Waals surface area (Å²) in [6, 6.07) is 1.15. The molecular weight excluding hydrogens is 224 g/mol. The van der Waals surface area contributed by atoms with Gasteiger partial charge in [-0.3, -0.25) is 0 Å². The van der Waals surface area contributed by atoms with Crippen molar-refractivity contribution in [2.45, 2.75) is 77.5 Å². The van der Waals surface area contributed by atoms with Crippen molar-refractivity contribution in [2.75, 3.05) is 13.1 Å². The summed E-state index contributed by atoms with van der Waals surface area (Å²) in [6.45, 7) is 8.44. The number of hydrogen-bond donors (Lipinski definition) is 3. The predicted octanol–water partition coefficient (Wildman–Crippen LogP) is 2.29. The molecule has 3 heteroatoms. The van der Waals surface area contributed by atoms with Gasteiger partial charge in [0.15, 0.2) is 0 Å². The predicted molar refractivity (Wildman–Crippen MR) is 77.8 cm³/mol. The number of aliphatic hydroxyl groups is 1. The van der Waals surface area contributed by atoms with E-state index in [1.807, 2.05) is 0 Å². The molecule has 3 atom stereocenters. The van der Waals surface area contributed by atoms with E-state index in [1.165, 1.54) is 38.6 Å². The minimum atomic E-state index is -0.199. The Morgan fingerprint density at radius 2 is 2.00 bits per heavy atom. The molecule has 3 unspecified atom stereocenters. The first kappa shape index (κ1) is 15.9. The summed E-state index contributed by atoms with van der Waals surface area (Å²) < 4.78 is 0. The smallest absolute Gasteiger partial charge is 0.0667 e. The molecule has 18 heavy (non-hydrogen) atoms. The molecule has 1 fully saturated rings. The topological polar surface area (TPSA) is 44.3 Å². The van der Waals surface area contributed by atoms with Gasteiger partial charge in [-0.05, 0) is 45.1 Å². The van der Waals surface area contributed by atoms with Crippen LogP contribution in [0.15, 0.2) is 0 Å². The lowest BCUT2D eigenvalue weighted by atomic mass is 10.0. The second-order valence-electron chi connectivity index (χ2n) is 6.33. The minimum absolute atomic E-state index is 0.199. The standard InChI is InChI=1S/C15H32N2O/c1-12(2)9-15(18)11-17-13(3)10-14-7-5-4-6-8-16-14/h12-18H,4-11H2,1-3H3. The van der Waals surface area contributed by atoms with Gasteiger partial charge in [0.2, 0.25) is 0 Å². The molecule has 0 aliphatic carbocycles. The SMILES string of the molecule is CC(C)CC(O)CNC(C)CC1CCCCCN1. The third-order valence-electron chi connectivity index (χ3n) is 3.75. The average Bonchev–Trinajstić information content (AvgIpc) is 2.54. The molecule has 1 saturated heterocycles. The van der Waals surface area contributed by atoms with E-state index >= 15 is 0 Å².